The molecule has 1 unspecified atom stereocenters. The third kappa shape index (κ3) is 5.43. The quantitative estimate of drug-likeness (QED) is 0.678. The Labute approximate surface area is 152 Å². The van der Waals surface area contributed by atoms with Crippen molar-refractivity contribution in [3.05, 3.63) is 58.1 Å². The van der Waals surface area contributed by atoms with Crippen molar-refractivity contribution in [2.45, 2.75) is 39.2 Å². The first-order chi connectivity index (χ1) is 11.5. The molecule has 2 aromatic carbocycles. The summed E-state index contributed by atoms with van der Waals surface area (Å²) in [5, 5.41) is 3.74. The molecule has 0 spiro atoms. The number of ether oxygens (including phenoxy) is 1. The SMILES string of the molecule is CCCCc1ccc(NC(=O)C(C)Oc2ccc(Cl)cc2Cl)cc1. The zero-order valence-electron chi connectivity index (χ0n) is 13.8. The van der Waals surface area contributed by atoms with Gasteiger partial charge in [0.15, 0.2) is 6.10 Å². The van der Waals surface area contributed by atoms with Crippen LogP contribution in [0.15, 0.2) is 42.5 Å². The molecule has 1 atom stereocenters. The third-order valence-electron chi connectivity index (χ3n) is 3.61. The molecule has 0 fully saturated rings. The molecular formula is C19H21Cl2NO2. The molecule has 1 N–H and O–H groups in total. The summed E-state index contributed by atoms with van der Waals surface area (Å²) in [4.78, 5) is 12.2. The van der Waals surface area contributed by atoms with Crippen molar-refractivity contribution < 1.29 is 9.53 Å². The second kappa shape index (κ2) is 8.95. The van der Waals surface area contributed by atoms with Gasteiger partial charge in [-0.2, -0.15) is 0 Å². The summed E-state index contributed by atoms with van der Waals surface area (Å²) in [6.07, 6.45) is 2.71. The van der Waals surface area contributed by atoms with Crippen molar-refractivity contribution >= 4 is 34.8 Å². The van der Waals surface area contributed by atoms with Crippen molar-refractivity contribution in [1.29, 1.82) is 0 Å². The maximum atomic E-state index is 12.2. The molecule has 0 saturated heterocycles. The molecule has 0 radical (unpaired) electrons. The highest BCUT2D eigenvalue weighted by Crippen LogP contribution is 2.28. The van der Waals surface area contributed by atoms with Gasteiger partial charge in [-0.05, 0) is 55.7 Å². The first kappa shape index (κ1) is 18.6. The normalized spacial score (nSPS) is 11.8. The van der Waals surface area contributed by atoms with E-state index >= 15 is 0 Å². The van der Waals surface area contributed by atoms with Gasteiger partial charge in [0.2, 0.25) is 0 Å². The lowest BCUT2D eigenvalue weighted by Gasteiger charge is -2.16. The molecule has 0 aromatic heterocycles. The van der Waals surface area contributed by atoms with Crippen molar-refractivity contribution in [3.8, 4) is 5.75 Å². The van der Waals surface area contributed by atoms with Gasteiger partial charge in [0.1, 0.15) is 5.75 Å². The number of carbonyl (C=O) groups is 1. The van der Waals surface area contributed by atoms with Gasteiger partial charge in [0.05, 0.1) is 5.02 Å². The van der Waals surface area contributed by atoms with E-state index in [1.165, 1.54) is 18.4 Å². The van der Waals surface area contributed by atoms with Crippen LogP contribution in [0.4, 0.5) is 5.69 Å². The standard InChI is InChI=1S/C19H21Cl2NO2/c1-3-4-5-14-6-9-16(10-7-14)22-19(23)13(2)24-18-11-8-15(20)12-17(18)21/h6-13H,3-5H2,1-2H3,(H,22,23). The number of amides is 1. The first-order valence-electron chi connectivity index (χ1n) is 8.01. The van der Waals surface area contributed by atoms with E-state index in [-0.39, 0.29) is 5.91 Å². The largest absolute Gasteiger partial charge is 0.479 e. The average Bonchev–Trinajstić information content (AvgIpc) is 2.56. The summed E-state index contributed by atoms with van der Waals surface area (Å²) in [6, 6.07) is 12.8. The van der Waals surface area contributed by atoms with E-state index in [0.717, 1.165) is 12.1 Å². The van der Waals surface area contributed by atoms with Gasteiger partial charge in [-0.25, -0.2) is 0 Å². The van der Waals surface area contributed by atoms with Crippen LogP contribution in [-0.4, -0.2) is 12.0 Å². The first-order valence-corrected chi connectivity index (χ1v) is 8.76. The van der Waals surface area contributed by atoms with E-state index in [4.69, 9.17) is 27.9 Å². The Morgan fingerprint density at radius 3 is 2.50 bits per heavy atom. The number of carbonyl (C=O) groups excluding carboxylic acids is 1. The summed E-state index contributed by atoms with van der Waals surface area (Å²) in [5.41, 5.74) is 2.02. The molecule has 0 aliphatic carbocycles. The minimum atomic E-state index is -0.677. The Morgan fingerprint density at radius 1 is 1.17 bits per heavy atom. The van der Waals surface area contributed by atoms with E-state index in [1.54, 1.807) is 25.1 Å². The Hall–Kier alpha value is -1.71. The molecule has 0 aliphatic rings. The van der Waals surface area contributed by atoms with Gasteiger partial charge in [-0.3, -0.25) is 4.79 Å². The second-order valence-electron chi connectivity index (χ2n) is 5.62. The minimum absolute atomic E-state index is 0.234. The Kier molecular flexibility index (Phi) is 6.95. The highest BCUT2D eigenvalue weighted by atomic mass is 35.5. The summed E-state index contributed by atoms with van der Waals surface area (Å²) < 4.78 is 5.61. The van der Waals surface area contributed by atoms with Gasteiger partial charge in [0.25, 0.3) is 5.91 Å². The number of nitrogens with one attached hydrogen (secondary N) is 1. The number of rotatable bonds is 7. The number of halogens is 2. The Balaban J connectivity index is 1.93. The second-order valence-corrected chi connectivity index (χ2v) is 6.47. The lowest BCUT2D eigenvalue weighted by atomic mass is 10.1. The van der Waals surface area contributed by atoms with Crippen molar-refractivity contribution in [2.24, 2.45) is 0 Å². The lowest BCUT2D eigenvalue weighted by molar-refractivity contribution is -0.122. The minimum Gasteiger partial charge on any atom is -0.479 e. The van der Waals surface area contributed by atoms with Crippen molar-refractivity contribution in [2.75, 3.05) is 5.32 Å². The molecule has 2 aromatic rings. The van der Waals surface area contributed by atoms with E-state index in [0.29, 0.717) is 15.8 Å². The summed E-state index contributed by atoms with van der Waals surface area (Å²) in [7, 11) is 0. The molecule has 24 heavy (non-hydrogen) atoms. The van der Waals surface area contributed by atoms with Gasteiger partial charge in [-0.1, -0.05) is 48.7 Å². The van der Waals surface area contributed by atoms with Gasteiger partial charge in [-0.15, -0.1) is 0 Å². The zero-order valence-corrected chi connectivity index (χ0v) is 15.3. The van der Waals surface area contributed by atoms with Crippen molar-refractivity contribution in [1.82, 2.24) is 0 Å². The predicted molar refractivity (Wildman–Crippen MR) is 100 cm³/mol. The van der Waals surface area contributed by atoms with Crippen LogP contribution in [0.25, 0.3) is 0 Å². The van der Waals surface area contributed by atoms with E-state index in [2.05, 4.69) is 12.2 Å². The molecular weight excluding hydrogens is 345 g/mol. The zero-order chi connectivity index (χ0) is 17.5. The maximum Gasteiger partial charge on any atom is 0.265 e. The number of anilines is 1. The number of aryl methyl sites for hydroxylation is 1. The Bertz CT molecular complexity index is 686. The number of hydrogen-bond acceptors (Lipinski definition) is 2. The van der Waals surface area contributed by atoms with Crippen LogP contribution in [0.2, 0.25) is 10.0 Å². The lowest BCUT2D eigenvalue weighted by Crippen LogP contribution is -2.30. The molecule has 128 valence electrons. The number of hydrogen-bond donors (Lipinski definition) is 1. The summed E-state index contributed by atoms with van der Waals surface area (Å²) >= 11 is 11.9. The fraction of sp³-hybridized carbons (Fsp3) is 0.316. The highest BCUT2D eigenvalue weighted by Gasteiger charge is 2.16. The third-order valence-corrected chi connectivity index (χ3v) is 4.14. The summed E-state index contributed by atoms with van der Waals surface area (Å²) in [6.45, 7) is 3.85. The molecule has 0 heterocycles. The van der Waals surface area contributed by atoms with Crippen LogP contribution in [0, 0.1) is 0 Å². The van der Waals surface area contributed by atoms with Gasteiger partial charge in [0, 0.05) is 10.7 Å². The number of unbranched alkanes of at least 4 members (excludes halogenated alkanes) is 1. The van der Waals surface area contributed by atoms with Gasteiger partial charge < -0.3 is 10.1 Å². The van der Waals surface area contributed by atoms with Crippen LogP contribution in [0.5, 0.6) is 5.75 Å². The molecule has 5 heteroatoms. The maximum absolute atomic E-state index is 12.2. The summed E-state index contributed by atoms with van der Waals surface area (Å²) in [5.74, 6) is 0.195. The molecule has 0 saturated carbocycles. The highest BCUT2D eigenvalue weighted by molar-refractivity contribution is 6.35. The molecule has 3 nitrogen and oxygen atoms in total. The molecule has 0 aliphatic heterocycles. The Morgan fingerprint density at radius 2 is 1.88 bits per heavy atom. The van der Waals surface area contributed by atoms with E-state index in [1.807, 2.05) is 24.3 Å². The fourth-order valence-corrected chi connectivity index (χ4v) is 2.65. The predicted octanol–water partition coefficient (Wildman–Crippen LogP) is 5.74. The van der Waals surface area contributed by atoms with E-state index in [9.17, 15) is 4.79 Å². The topological polar surface area (TPSA) is 38.3 Å². The van der Waals surface area contributed by atoms with Crippen LogP contribution in [-0.2, 0) is 11.2 Å². The average molecular weight is 366 g/mol. The smallest absolute Gasteiger partial charge is 0.265 e. The molecule has 1 amide bonds. The fourth-order valence-electron chi connectivity index (χ4n) is 2.19. The van der Waals surface area contributed by atoms with Crippen LogP contribution < -0.4 is 10.1 Å². The van der Waals surface area contributed by atoms with E-state index < -0.39 is 6.10 Å². The molecule has 2 rings (SSSR count). The van der Waals surface area contributed by atoms with Crippen molar-refractivity contribution in [3.63, 3.8) is 0 Å². The molecule has 0 bridgehead atoms. The van der Waals surface area contributed by atoms with Crippen LogP contribution >= 0.6 is 23.2 Å². The monoisotopic (exact) mass is 365 g/mol. The number of benzene rings is 2. The van der Waals surface area contributed by atoms with Crippen LogP contribution in [0.1, 0.15) is 32.3 Å². The van der Waals surface area contributed by atoms with Crippen LogP contribution in [0.3, 0.4) is 0 Å². The van der Waals surface area contributed by atoms with Gasteiger partial charge >= 0.3 is 0 Å².